The zero-order valence-electron chi connectivity index (χ0n) is 23.6. The molecule has 6 unspecified atom stereocenters. The number of amides is 4. The molecule has 0 radical (unpaired) electrons. The summed E-state index contributed by atoms with van der Waals surface area (Å²) in [5.74, 6) is -4.88. The molecule has 2 heterocycles. The smallest absolute Gasteiger partial charge is 0.241 e. The Hall–Kier alpha value is -3.72. The number of allylic oxidation sites excluding steroid dienone is 2. The molecule has 2 aliphatic heterocycles. The third kappa shape index (κ3) is 3.92. The molecular formula is C32H32ClFN2O6. The maximum absolute atomic E-state index is 14.4. The number of hydrogen-bond donors (Lipinski definition) is 1. The molecule has 2 saturated heterocycles. The van der Waals surface area contributed by atoms with Crippen molar-refractivity contribution >= 4 is 40.9 Å². The van der Waals surface area contributed by atoms with E-state index in [1.807, 2.05) is 13.0 Å². The standard InChI is InChI=1S/C32H32ClFN2O6/c1-4-12-35-28(38)19-9-8-18-20(26(19)30(35)40)15-21-29(39)36(17-7-10-23(34)22(33)14-17)31(41)32(21,3)27(18)16-6-11-24(37)25(13-16)42-5-2/h6-8,10-11,13-14,19-21,26-27,37H,4-5,9,12,15H2,1-3H3. The summed E-state index contributed by atoms with van der Waals surface area (Å²) in [6, 6.07) is 8.62. The number of anilines is 1. The van der Waals surface area contributed by atoms with E-state index in [0.29, 0.717) is 31.6 Å². The highest BCUT2D eigenvalue weighted by molar-refractivity contribution is 6.31. The van der Waals surface area contributed by atoms with Crippen LogP contribution in [0, 0.1) is 34.9 Å². The zero-order valence-corrected chi connectivity index (χ0v) is 24.4. The molecule has 1 N–H and O–H groups in total. The summed E-state index contributed by atoms with van der Waals surface area (Å²) < 4.78 is 19.7. The van der Waals surface area contributed by atoms with Crippen LogP contribution in [0.5, 0.6) is 11.5 Å². The molecule has 220 valence electrons. The SMILES string of the molecule is CCCN1C(=O)C2CC=C3C(CC4C(=O)N(c5ccc(F)c(Cl)c5)C(=O)C4(C)C3c3ccc(O)c(OCC)c3)C2C1=O. The molecule has 6 atom stereocenters. The molecule has 42 heavy (non-hydrogen) atoms. The van der Waals surface area contributed by atoms with E-state index < -0.39 is 52.6 Å². The predicted molar refractivity (Wildman–Crippen MR) is 152 cm³/mol. The lowest BCUT2D eigenvalue weighted by Gasteiger charge is -2.49. The number of fused-ring (bicyclic) bond motifs is 4. The number of imide groups is 2. The summed E-state index contributed by atoms with van der Waals surface area (Å²) in [6.45, 7) is 6.10. The van der Waals surface area contributed by atoms with Gasteiger partial charge in [-0.15, -0.1) is 0 Å². The number of aromatic hydroxyl groups is 1. The lowest BCUT2D eigenvalue weighted by atomic mass is 9.51. The molecule has 8 nitrogen and oxygen atoms in total. The topological polar surface area (TPSA) is 104 Å². The fraction of sp³-hybridized carbons (Fsp3) is 0.438. The largest absolute Gasteiger partial charge is 0.504 e. The molecule has 4 amide bonds. The second-order valence-electron chi connectivity index (χ2n) is 11.7. The van der Waals surface area contributed by atoms with Crippen LogP contribution in [-0.4, -0.2) is 46.8 Å². The quantitative estimate of drug-likeness (QED) is 0.363. The van der Waals surface area contributed by atoms with Gasteiger partial charge in [-0.05, 0) is 74.9 Å². The van der Waals surface area contributed by atoms with Gasteiger partial charge in [0.25, 0.3) is 0 Å². The van der Waals surface area contributed by atoms with Gasteiger partial charge in [-0.1, -0.05) is 36.2 Å². The number of nitrogens with zero attached hydrogens (tertiary/aromatic N) is 2. The summed E-state index contributed by atoms with van der Waals surface area (Å²) in [5, 5.41) is 10.2. The zero-order chi connectivity index (χ0) is 30.1. The van der Waals surface area contributed by atoms with Crippen molar-refractivity contribution in [1.29, 1.82) is 0 Å². The third-order valence-electron chi connectivity index (χ3n) is 9.59. The van der Waals surface area contributed by atoms with Crippen molar-refractivity contribution in [2.24, 2.45) is 29.1 Å². The first-order valence-electron chi connectivity index (χ1n) is 14.4. The number of carbonyl (C=O) groups excluding carboxylic acids is 4. The maximum atomic E-state index is 14.4. The minimum absolute atomic E-state index is 0.0597. The molecule has 4 aliphatic rings. The highest BCUT2D eigenvalue weighted by atomic mass is 35.5. The summed E-state index contributed by atoms with van der Waals surface area (Å²) in [5.41, 5.74) is 0.383. The number of ether oxygens (including phenoxy) is 1. The van der Waals surface area contributed by atoms with Crippen LogP contribution in [0.4, 0.5) is 10.1 Å². The van der Waals surface area contributed by atoms with Crippen LogP contribution >= 0.6 is 11.6 Å². The molecule has 2 aliphatic carbocycles. The van der Waals surface area contributed by atoms with Crippen molar-refractivity contribution in [2.45, 2.75) is 46.0 Å². The molecule has 2 aromatic carbocycles. The van der Waals surface area contributed by atoms with Gasteiger partial charge in [0.1, 0.15) is 5.82 Å². The average molecular weight is 595 g/mol. The van der Waals surface area contributed by atoms with Crippen LogP contribution < -0.4 is 9.64 Å². The van der Waals surface area contributed by atoms with Crippen molar-refractivity contribution in [3.8, 4) is 11.5 Å². The Bertz CT molecular complexity index is 1560. The molecular weight excluding hydrogens is 563 g/mol. The summed E-state index contributed by atoms with van der Waals surface area (Å²) in [6.07, 6.45) is 3.18. The monoisotopic (exact) mass is 594 g/mol. The van der Waals surface area contributed by atoms with E-state index in [9.17, 15) is 28.7 Å². The molecule has 3 fully saturated rings. The predicted octanol–water partition coefficient (Wildman–Crippen LogP) is 5.22. The minimum atomic E-state index is -1.28. The van der Waals surface area contributed by atoms with E-state index in [-0.39, 0.29) is 40.4 Å². The van der Waals surface area contributed by atoms with Gasteiger partial charge in [-0.25, -0.2) is 9.29 Å². The van der Waals surface area contributed by atoms with E-state index >= 15 is 0 Å². The van der Waals surface area contributed by atoms with Gasteiger partial charge in [-0.2, -0.15) is 0 Å². The fourth-order valence-electron chi connectivity index (χ4n) is 7.76. The number of hydrogen-bond acceptors (Lipinski definition) is 6. The normalized spacial score (nSPS) is 30.3. The summed E-state index contributed by atoms with van der Waals surface area (Å²) in [4.78, 5) is 58.0. The number of carbonyl (C=O) groups is 4. The Morgan fingerprint density at radius 3 is 2.50 bits per heavy atom. The van der Waals surface area contributed by atoms with E-state index in [1.54, 1.807) is 26.0 Å². The molecule has 10 heteroatoms. The second-order valence-corrected chi connectivity index (χ2v) is 12.2. The number of benzene rings is 2. The van der Waals surface area contributed by atoms with E-state index in [1.165, 1.54) is 23.1 Å². The van der Waals surface area contributed by atoms with E-state index in [4.69, 9.17) is 16.3 Å². The Labute approximate surface area is 248 Å². The summed E-state index contributed by atoms with van der Waals surface area (Å²) in [7, 11) is 0. The number of halogens is 2. The van der Waals surface area contributed by atoms with Gasteiger partial charge in [0, 0.05) is 12.5 Å². The first-order valence-corrected chi connectivity index (χ1v) is 14.8. The van der Waals surface area contributed by atoms with Crippen LogP contribution in [0.25, 0.3) is 0 Å². The molecule has 0 spiro atoms. The third-order valence-corrected chi connectivity index (χ3v) is 9.88. The van der Waals surface area contributed by atoms with Crippen LogP contribution in [0.1, 0.15) is 51.5 Å². The van der Waals surface area contributed by atoms with Crippen molar-refractivity contribution < 1.29 is 33.4 Å². The summed E-state index contributed by atoms with van der Waals surface area (Å²) >= 11 is 6.05. The Morgan fingerprint density at radius 2 is 1.81 bits per heavy atom. The molecule has 0 aromatic heterocycles. The van der Waals surface area contributed by atoms with Gasteiger partial charge in [0.15, 0.2) is 11.5 Å². The highest BCUT2D eigenvalue weighted by Gasteiger charge is 2.67. The number of likely N-dealkylation sites (tertiary alicyclic amines) is 1. The van der Waals surface area contributed by atoms with Gasteiger partial charge >= 0.3 is 0 Å². The first-order chi connectivity index (χ1) is 20.0. The molecule has 2 aromatic rings. The van der Waals surface area contributed by atoms with Gasteiger partial charge in [0.05, 0.1) is 40.5 Å². The number of rotatable bonds is 6. The number of phenolic OH excluding ortho intramolecular Hbond substituents is 1. The number of phenols is 1. The molecule has 0 bridgehead atoms. The van der Waals surface area contributed by atoms with Gasteiger partial charge in [0.2, 0.25) is 23.6 Å². The van der Waals surface area contributed by atoms with Gasteiger partial charge in [-0.3, -0.25) is 24.1 Å². The van der Waals surface area contributed by atoms with E-state index in [0.717, 1.165) is 16.5 Å². The Balaban J connectivity index is 1.52. The lowest BCUT2D eigenvalue weighted by Crippen LogP contribution is -2.48. The van der Waals surface area contributed by atoms with E-state index in [2.05, 4.69) is 0 Å². The lowest BCUT2D eigenvalue weighted by molar-refractivity contribution is -0.140. The van der Waals surface area contributed by atoms with Crippen molar-refractivity contribution in [1.82, 2.24) is 4.90 Å². The maximum Gasteiger partial charge on any atom is 0.241 e. The fourth-order valence-corrected chi connectivity index (χ4v) is 7.93. The minimum Gasteiger partial charge on any atom is -0.504 e. The molecule has 1 saturated carbocycles. The second kappa shape index (κ2) is 10.2. The Morgan fingerprint density at radius 1 is 1.05 bits per heavy atom. The van der Waals surface area contributed by atoms with Crippen molar-refractivity contribution in [3.05, 3.63) is 64.5 Å². The van der Waals surface area contributed by atoms with Gasteiger partial charge < -0.3 is 9.84 Å². The molecule has 6 rings (SSSR count). The van der Waals surface area contributed by atoms with Crippen LogP contribution in [-0.2, 0) is 19.2 Å². The van der Waals surface area contributed by atoms with Crippen molar-refractivity contribution in [3.63, 3.8) is 0 Å². The highest BCUT2D eigenvalue weighted by Crippen LogP contribution is 2.64. The van der Waals surface area contributed by atoms with Crippen molar-refractivity contribution in [2.75, 3.05) is 18.1 Å². The van der Waals surface area contributed by atoms with Crippen LogP contribution in [0.15, 0.2) is 48.0 Å². The first kappa shape index (κ1) is 28.4. The van der Waals surface area contributed by atoms with Crippen LogP contribution in [0.2, 0.25) is 5.02 Å². The average Bonchev–Trinajstić information content (AvgIpc) is 3.32. The Kier molecular flexibility index (Phi) is 6.91. The van der Waals surface area contributed by atoms with Crippen LogP contribution in [0.3, 0.4) is 0 Å².